The summed E-state index contributed by atoms with van der Waals surface area (Å²) in [7, 11) is 0. The van der Waals surface area contributed by atoms with Gasteiger partial charge in [-0.05, 0) is 38.5 Å². The highest BCUT2D eigenvalue weighted by atomic mass is 127. The molecular weight excluding hydrogens is 341 g/mol. The molecule has 1 heterocycles. The number of amides is 1. The summed E-state index contributed by atoms with van der Waals surface area (Å²) in [5, 5.41) is 3.12. The predicted octanol–water partition coefficient (Wildman–Crippen LogP) is 2.75. The monoisotopic (exact) mass is 361 g/mol. The van der Waals surface area contributed by atoms with Gasteiger partial charge in [0, 0.05) is 3.92 Å². The molecule has 0 aromatic carbocycles. The molecule has 1 amide bonds. The number of hydrogen-bond acceptors (Lipinski definition) is 2. The third-order valence-electron chi connectivity index (χ3n) is 5.05. The minimum atomic E-state index is -0.647. The van der Waals surface area contributed by atoms with Gasteiger partial charge >= 0.3 is 0 Å². The number of carbonyl (C=O) groups excluding carboxylic acids is 2. The molecule has 2 unspecified atom stereocenters. The molecule has 100 valence electrons. The smallest absolute Gasteiger partial charge is 0.234 e. The van der Waals surface area contributed by atoms with Gasteiger partial charge in [0.1, 0.15) is 11.0 Å². The molecule has 2 aliphatic carbocycles. The number of rotatable bonds is 0. The molecule has 0 bridgehead atoms. The van der Waals surface area contributed by atoms with Gasteiger partial charge in [0.15, 0.2) is 5.78 Å². The number of hydrogen-bond donors (Lipinski definition) is 1. The van der Waals surface area contributed by atoms with Crippen LogP contribution in [0, 0.1) is 5.41 Å². The van der Waals surface area contributed by atoms with Crippen LogP contribution in [0.15, 0.2) is 0 Å². The van der Waals surface area contributed by atoms with Crippen LogP contribution in [0.5, 0.6) is 0 Å². The van der Waals surface area contributed by atoms with Crippen molar-refractivity contribution in [1.29, 1.82) is 0 Å². The first-order valence-corrected chi connectivity index (χ1v) is 8.35. The van der Waals surface area contributed by atoms with E-state index in [0.717, 1.165) is 44.9 Å². The largest absolute Gasteiger partial charge is 0.343 e. The van der Waals surface area contributed by atoms with E-state index in [1.807, 2.05) is 0 Å². The first-order chi connectivity index (χ1) is 8.59. The third-order valence-corrected chi connectivity index (χ3v) is 6.12. The van der Waals surface area contributed by atoms with Crippen molar-refractivity contribution in [3.8, 4) is 0 Å². The normalized spacial score (nSPS) is 39.3. The zero-order chi connectivity index (χ0) is 12.8. The minimum Gasteiger partial charge on any atom is -0.343 e. The first kappa shape index (κ1) is 12.9. The van der Waals surface area contributed by atoms with E-state index in [0.29, 0.717) is 3.92 Å². The lowest BCUT2D eigenvalue weighted by atomic mass is 9.66. The fourth-order valence-electron chi connectivity index (χ4n) is 4.09. The van der Waals surface area contributed by atoms with E-state index in [2.05, 4.69) is 27.9 Å². The Hall–Kier alpha value is -0.130. The molecule has 1 N–H and O–H groups in total. The molecule has 2 saturated carbocycles. The summed E-state index contributed by atoms with van der Waals surface area (Å²) in [5.41, 5.74) is -1.15. The van der Waals surface area contributed by atoms with Crippen LogP contribution in [0.3, 0.4) is 0 Å². The summed E-state index contributed by atoms with van der Waals surface area (Å²) in [4.78, 5) is 25.3. The van der Waals surface area contributed by atoms with Crippen molar-refractivity contribution < 1.29 is 9.59 Å². The van der Waals surface area contributed by atoms with Crippen molar-refractivity contribution in [1.82, 2.24) is 5.32 Å². The van der Waals surface area contributed by atoms with E-state index in [4.69, 9.17) is 0 Å². The number of Topliss-reactive ketones (excluding diaryl/α,β-unsaturated/α-hetero) is 1. The zero-order valence-electron chi connectivity index (χ0n) is 10.6. The van der Waals surface area contributed by atoms with Crippen LogP contribution < -0.4 is 5.32 Å². The molecule has 3 fully saturated rings. The Bertz CT molecular complexity index is 389. The van der Waals surface area contributed by atoms with Gasteiger partial charge in [-0.3, -0.25) is 9.59 Å². The first-order valence-electron chi connectivity index (χ1n) is 7.11. The molecule has 18 heavy (non-hydrogen) atoms. The summed E-state index contributed by atoms with van der Waals surface area (Å²) in [6.45, 7) is 0. The van der Waals surface area contributed by atoms with Gasteiger partial charge in [-0.25, -0.2) is 0 Å². The number of alkyl halides is 1. The van der Waals surface area contributed by atoms with E-state index >= 15 is 0 Å². The molecule has 3 nitrogen and oxygen atoms in total. The van der Waals surface area contributed by atoms with Crippen molar-refractivity contribution in [3.63, 3.8) is 0 Å². The third kappa shape index (κ3) is 1.74. The topological polar surface area (TPSA) is 46.2 Å². The average Bonchev–Trinajstić information content (AvgIpc) is 2.54. The van der Waals surface area contributed by atoms with Crippen LogP contribution in [-0.2, 0) is 9.59 Å². The highest BCUT2D eigenvalue weighted by molar-refractivity contribution is 14.1. The number of halogens is 1. The quantitative estimate of drug-likeness (QED) is 0.410. The van der Waals surface area contributed by atoms with Crippen molar-refractivity contribution in [3.05, 3.63) is 0 Å². The lowest BCUT2D eigenvalue weighted by Crippen LogP contribution is -2.51. The molecule has 2 atom stereocenters. The highest BCUT2D eigenvalue weighted by Crippen LogP contribution is 2.49. The second-order valence-corrected chi connectivity index (χ2v) is 7.96. The van der Waals surface area contributed by atoms with E-state index in [1.54, 1.807) is 0 Å². The lowest BCUT2D eigenvalue weighted by Gasteiger charge is -2.36. The van der Waals surface area contributed by atoms with Gasteiger partial charge in [0.2, 0.25) is 5.91 Å². The van der Waals surface area contributed by atoms with Gasteiger partial charge in [-0.2, -0.15) is 0 Å². The zero-order valence-corrected chi connectivity index (χ0v) is 12.8. The Morgan fingerprint density at radius 2 is 1.78 bits per heavy atom. The van der Waals surface area contributed by atoms with E-state index in [1.165, 1.54) is 12.8 Å². The molecule has 2 spiro atoms. The van der Waals surface area contributed by atoms with Crippen LogP contribution >= 0.6 is 22.6 Å². The maximum Gasteiger partial charge on any atom is 0.234 e. The van der Waals surface area contributed by atoms with Crippen LogP contribution in [0.4, 0.5) is 0 Å². The summed E-state index contributed by atoms with van der Waals surface area (Å²) in [5.74, 6) is 0.277. The Labute approximate surface area is 122 Å². The van der Waals surface area contributed by atoms with E-state index in [-0.39, 0.29) is 11.7 Å². The molecule has 3 aliphatic rings. The number of ketones is 1. The Kier molecular flexibility index (Phi) is 3.19. The Morgan fingerprint density at radius 3 is 2.44 bits per heavy atom. The number of carbonyl (C=O) groups is 2. The molecule has 1 saturated heterocycles. The van der Waals surface area contributed by atoms with Gasteiger partial charge in [-0.1, -0.05) is 41.9 Å². The van der Waals surface area contributed by atoms with E-state index < -0.39 is 11.0 Å². The van der Waals surface area contributed by atoms with Crippen molar-refractivity contribution >= 4 is 34.3 Å². The van der Waals surface area contributed by atoms with Gasteiger partial charge in [-0.15, -0.1) is 0 Å². The molecule has 0 aromatic heterocycles. The molecule has 0 aromatic rings. The van der Waals surface area contributed by atoms with Gasteiger partial charge < -0.3 is 5.32 Å². The van der Waals surface area contributed by atoms with Gasteiger partial charge in [0.25, 0.3) is 0 Å². The second-order valence-electron chi connectivity index (χ2n) is 6.20. The van der Waals surface area contributed by atoms with Crippen LogP contribution in [0.1, 0.15) is 57.8 Å². The maximum absolute atomic E-state index is 12.9. The van der Waals surface area contributed by atoms with Crippen molar-refractivity contribution in [2.45, 2.75) is 67.3 Å². The summed E-state index contributed by atoms with van der Waals surface area (Å²) in [6, 6.07) is 0. The van der Waals surface area contributed by atoms with Crippen LogP contribution in [0.2, 0.25) is 0 Å². The van der Waals surface area contributed by atoms with Crippen LogP contribution in [0.25, 0.3) is 0 Å². The maximum atomic E-state index is 12.9. The van der Waals surface area contributed by atoms with E-state index in [9.17, 15) is 9.59 Å². The molecule has 0 radical (unpaired) electrons. The lowest BCUT2D eigenvalue weighted by molar-refractivity contribution is -0.138. The predicted molar refractivity (Wildman–Crippen MR) is 77.7 cm³/mol. The second kappa shape index (κ2) is 4.46. The SMILES string of the molecule is O=C1NC2(CCCC(I)C2)C(=O)C12CCCCC2. The summed E-state index contributed by atoms with van der Waals surface area (Å²) >= 11 is 2.43. The average molecular weight is 361 g/mol. The van der Waals surface area contributed by atoms with Gasteiger partial charge in [0.05, 0.1) is 0 Å². The fourth-order valence-corrected chi connectivity index (χ4v) is 5.28. The Balaban J connectivity index is 1.92. The molecule has 4 heteroatoms. The molecule has 3 rings (SSSR count). The van der Waals surface area contributed by atoms with Crippen molar-refractivity contribution in [2.75, 3.05) is 0 Å². The summed E-state index contributed by atoms with van der Waals surface area (Å²) < 4.78 is 0.527. The van der Waals surface area contributed by atoms with Crippen molar-refractivity contribution in [2.24, 2.45) is 5.41 Å². The number of nitrogens with one attached hydrogen (secondary N) is 1. The standard InChI is InChI=1S/C14H20INO2/c15-10-5-4-8-14(9-10)11(17)13(12(18)16-14)6-2-1-3-7-13/h10H,1-9H2,(H,16,18). The molecular formula is C14H20INO2. The highest BCUT2D eigenvalue weighted by Gasteiger charge is 2.62. The Morgan fingerprint density at radius 1 is 1.06 bits per heavy atom. The molecule has 1 aliphatic heterocycles. The summed E-state index contributed by atoms with van der Waals surface area (Å²) in [6.07, 6.45) is 8.75. The minimum absolute atomic E-state index is 0.0395. The fraction of sp³-hybridized carbons (Fsp3) is 0.857. The van der Waals surface area contributed by atoms with Crippen LogP contribution in [-0.4, -0.2) is 21.2 Å².